The number of fused-ring (bicyclic) bond motifs is 1. The number of carbonyl (C=O) groups is 1. The number of nitrogens with one attached hydrogen (secondary N) is 2. The molecular weight excluding hydrogens is 406 g/mol. The number of benzene rings is 3. The molecule has 5 rings (SSSR count). The van der Waals surface area contributed by atoms with Gasteiger partial charge in [0.25, 0.3) is 0 Å². The van der Waals surface area contributed by atoms with Crippen molar-refractivity contribution in [2.75, 3.05) is 11.9 Å². The van der Waals surface area contributed by atoms with Gasteiger partial charge in [-0.2, -0.15) is 0 Å². The molecule has 0 saturated heterocycles. The minimum atomic E-state index is -0.203. The molecule has 0 spiro atoms. The summed E-state index contributed by atoms with van der Waals surface area (Å²) in [5.41, 5.74) is 7.71. The third-order valence-corrected chi connectivity index (χ3v) is 6.00. The van der Waals surface area contributed by atoms with Gasteiger partial charge in [0.05, 0.1) is 0 Å². The lowest BCUT2D eigenvalue weighted by Gasteiger charge is -2.19. The lowest BCUT2D eigenvalue weighted by atomic mass is 9.88. The third kappa shape index (κ3) is 4.70. The summed E-state index contributed by atoms with van der Waals surface area (Å²) in [6.45, 7) is 0.570. The molecule has 0 saturated carbocycles. The second kappa shape index (κ2) is 9.53. The number of aromatic nitrogens is 1. The molecule has 3 aromatic carbocycles. The highest BCUT2D eigenvalue weighted by atomic mass is 16.2. The van der Waals surface area contributed by atoms with Crippen LogP contribution in [0.4, 0.5) is 10.5 Å². The molecule has 2 amide bonds. The van der Waals surface area contributed by atoms with E-state index in [1.54, 1.807) is 0 Å². The zero-order chi connectivity index (χ0) is 22.5. The van der Waals surface area contributed by atoms with Gasteiger partial charge in [0.2, 0.25) is 0 Å². The van der Waals surface area contributed by atoms with Crippen molar-refractivity contribution in [1.82, 2.24) is 10.3 Å². The van der Waals surface area contributed by atoms with Gasteiger partial charge in [0.1, 0.15) is 0 Å². The van der Waals surface area contributed by atoms with Crippen LogP contribution in [0.2, 0.25) is 0 Å². The molecule has 1 aliphatic rings. The van der Waals surface area contributed by atoms with Gasteiger partial charge in [-0.15, -0.1) is 0 Å². The van der Waals surface area contributed by atoms with Crippen molar-refractivity contribution >= 4 is 23.9 Å². The molecule has 1 aromatic heterocycles. The van der Waals surface area contributed by atoms with Gasteiger partial charge < -0.3 is 10.6 Å². The van der Waals surface area contributed by atoms with Crippen LogP contribution in [0.1, 0.15) is 34.6 Å². The minimum Gasteiger partial charge on any atom is -0.338 e. The summed E-state index contributed by atoms with van der Waals surface area (Å²) in [7, 11) is 0. The van der Waals surface area contributed by atoms with Crippen LogP contribution in [0.3, 0.4) is 0 Å². The highest BCUT2D eigenvalue weighted by Gasteiger charge is 2.15. The van der Waals surface area contributed by atoms with Crippen LogP contribution in [0.15, 0.2) is 97.3 Å². The largest absolute Gasteiger partial charge is 0.338 e. The molecule has 4 aromatic rings. The van der Waals surface area contributed by atoms with Crippen LogP contribution >= 0.6 is 0 Å². The van der Waals surface area contributed by atoms with Gasteiger partial charge in [-0.05, 0) is 40.8 Å². The van der Waals surface area contributed by atoms with Crippen LogP contribution in [-0.2, 0) is 0 Å². The normalized spacial score (nSPS) is 11.5. The van der Waals surface area contributed by atoms with E-state index in [1.807, 2.05) is 48.8 Å². The molecule has 4 heteroatoms. The summed E-state index contributed by atoms with van der Waals surface area (Å²) < 4.78 is 0. The lowest BCUT2D eigenvalue weighted by Crippen LogP contribution is -2.30. The third-order valence-electron chi connectivity index (χ3n) is 6.00. The first-order valence-electron chi connectivity index (χ1n) is 11.2. The topological polar surface area (TPSA) is 54.0 Å². The molecule has 0 bridgehead atoms. The number of hydrogen-bond acceptors (Lipinski definition) is 2. The highest BCUT2D eigenvalue weighted by molar-refractivity contribution is 5.94. The minimum absolute atomic E-state index is 0.203. The first-order valence-corrected chi connectivity index (χ1v) is 11.2. The van der Waals surface area contributed by atoms with Gasteiger partial charge in [0.15, 0.2) is 0 Å². The Morgan fingerprint density at radius 1 is 0.818 bits per heavy atom. The number of nitrogens with zero attached hydrogens (tertiary/aromatic N) is 1. The van der Waals surface area contributed by atoms with E-state index >= 15 is 0 Å². The molecule has 33 heavy (non-hydrogen) atoms. The van der Waals surface area contributed by atoms with Crippen molar-refractivity contribution in [3.8, 4) is 11.1 Å². The molecule has 1 aliphatic carbocycles. The van der Waals surface area contributed by atoms with E-state index in [9.17, 15) is 4.79 Å². The fourth-order valence-electron chi connectivity index (χ4n) is 4.28. The van der Waals surface area contributed by atoms with E-state index in [-0.39, 0.29) is 11.9 Å². The first-order chi connectivity index (χ1) is 16.3. The molecule has 1 heterocycles. The zero-order valence-corrected chi connectivity index (χ0v) is 18.2. The fraction of sp³-hybridized carbons (Fsp3) is 0.103. The number of amides is 2. The summed E-state index contributed by atoms with van der Waals surface area (Å²) in [6.07, 6.45) is 8.70. The Kier molecular flexibility index (Phi) is 5.98. The summed E-state index contributed by atoms with van der Waals surface area (Å²) in [5.74, 6) is 0.229. The van der Waals surface area contributed by atoms with E-state index in [4.69, 9.17) is 0 Å². The maximum Gasteiger partial charge on any atom is 0.319 e. The van der Waals surface area contributed by atoms with Crippen molar-refractivity contribution in [2.45, 2.75) is 12.3 Å². The lowest BCUT2D eigenvalue weighted by molar-refractivity contribution is 0.252. The predicted molar refractivity (Wildman–Crippen MR) is 135 cm³/mol. The molecule has 2 N–H and O–H groups in total. The Hall–Kier alpha value is -4.18. The van der Waals surface area contributed by atoms with Crippen LogP contribution in [0.25, 0.3) is 23.3 Å². The average molecular weight is 432 g/mol. The summed E-state index contributed by atoms with van der Waals surface area (Å²) in [5, 5.41) is 5.99. The smallest absolute Gasteiger partial charge is 0.319 e. The second-order valence-electron chi connectivity index (χ2n) is 8.15. The van der Waals surface area contributed by atoms with Gasteiger partial charge >= 0.3 is 6.03 Å². The van der Waals surface area contributed by atoms with E-state index in [0.717, 1.165) is 28.8 Å². The Morgan fingerprint density at radius 2 is 1.55 bits per heavy atom. The van der Waals surface area contributed by atoms with Crippen molar-refractivity contribution in [2.24, 2.45) is 0 Å². The van der Waals surface area contributed by atoms with Crippen molar-refractivity contribution in [1.29, 1.82) is 0 Å². The van der Waals surface area contributed by atoms with E-state index in [0.29, 0.717) is 6.54 Å². The van der Waals surface area contributed by atoms with Crippen molar-refractivity contribution < 1.29 is 4.79 Å². The number of carbonyl (C=O) groups excluding carboxylic acids is 1. The van der Waals surface area contributed by atoms with Crippen LogP contribution in [-0.4, -0.2) is 17.6 Å². The molecule has 0 fully saturated rings. The highest BCUT2D eigenvalue weighted by Crippen LogP contribution is 2.34. The summed E-state index contributed by atoms with van der Waals surface area (Å²) in [4.78, 5) is 16.9. The van der Waals surface area contributed by atoms with E-state index in [2.05, 4.69) is 76.3 Å². The SMILES string of the molecule is O=C(NCCC(c1ccccc1)c1ccccc1)Nc1cccc(-c2cncc3c2C=C3)c1. The van der Waals surface area contributed by atoms with Crippen molar-refractivity contribution in [3.63, 3.8) is 0 Å². The summed E-state index contributed by atoms with van der Waals surface area (Å²) >= 11 is 0. The van der Waals surface area contributed by atoms with Gasteiger partial charge in [0, 0.05) is 41.7 Å². The summed E-state index contributed by atoms with van der Waals surface area (Å²) in [6, 6.07) is 28.5. The maximum atomic E-state index is 12.6. The van der Waals surface area contributed by atoms with Gasteiger partial charge in [-0.1, -0.05) is 84.9 Å². The zero-order valence-electron chi connectivity index (χ0n) is 18.2. The number of anilines is 1. The average Bonchev–Trinajstić information content (AvgIpc) is 2.84. The molecular formula is C29H25N3O. The van der Waals surface area contributed by atoms with Crippen LogP contribution < -0.4 is 10.6 Å². The van der Waals surface area contributed by atoms with Gasteiger partial charge in [-0.3, -0.25) is 4.98 Å². The molecule has 0 radical (unpaired) electrons. The molecule has 0 atom stereocenters. The van der Waals surface area contributed by atoms with Crippen LogP contribution in [0, 0.1) is 0 Å². The fourth-order valence-corrected chi connectivity index (χ4v) is 4.28. The molecule has 0 unspecified atom stereocenters. The Labute approximate surface area is 194 Å². The molecule has 4 nitrogen and oxygen atoms in total. The molecule has 0 aliphatic heterocycles. The predicted octanol–water partition coefficient (Wildman–Crippen LogP) is 6.58. The van der Waals surface area contributed by atoms with Crippen LogP contribution in [0.5, 0.6) is 0 Å². The number of urea groups is 1. The number of pyridine rings is 1. The van der Waals surface area contributed by atoms with E-state index < -0.39 is 0 Å². The number of hydrogen-bond donors (Lipinski definition) is 2. The second-order valence-corrected chi connectivity index (χ2v) is 8.15. The first kappa shape index (κ1) is 20.7. The van der Waals surface area contributed by atoms with Crippen molar-refractivity contribution in [3.05, 3.63) is 120 Å². The quantitative estimate of drug-likeness (QED) is 0.306. The Bertz CT molecular complexity index is 1240. The number of rotatable bonds is 7. The Balaban J connectivity index is 1.22. The monoisotopic (exact) mass is 431 g/mol. The van der Waals surface area contributed by atoms with E-state index in [1.165, 1.54) is 16.7 Å². The van der Waals surface area contributed by atoms with Gasteiger partial charge in [-0.25, -0.2) is 4.79 Å². The Morgan fingerprint density at radius 3 is 2.21 bits per heavy atom. The standard InChI is InChI=1S/C29H25N3O/c33-29(31-17-16-26(21-8-3-1-4-9-21)22-10-5-2-6-11-22)32-25-13-7-12-23(18-25)28-20-30-19-24-14-15-27(24)28/h1-15,18-20,26H,16-17H2,(H2,31,32,33). The molecule has 162 valence electrons. The maximum absolute atomic E-state index is 12.6.